The minimum atomic E-state index is -0.723. The van der Waals surface area contributed by atoms with Crippen molar-refractivity contribution < 1.29 is 10.0 Å². The van der Waals surface area contributed by atoms with Crippen molar-refractivity contribution in [1.82, 2.24) is 15.1 Å². The molecule has 7 heteroatoms. The molecule has 2 rings (SSSR count). The number of nitrogens with zero attached hydrogens (tertiary/aromatic N) is 3. The molecule has 2 amide bonds. The van der Waals surface area contributed by atoms with Crippen LogP contribution in [0.4, 0.5) is 4.79 Å². The molecule has 2 fully saturated rings. The van der Waals surface area contributed by atoms with E-state index >= 15 is 0 Å². The van der Waals surface area contributed by atoms with Crippen LogP contribution >= 0.6 is 0 Å². The van der Waals surface area contributed by atoms with Crippen molar-refractivity contribution in [3.63, 3.8) is 0 Å². The summed E-state index contributed by atoms with van der Waals surface area (Å²) in [5.41, 5.74) is 5.16. The Kier molecular flexibility index (Phi) is 4.92. The first-order valence-corrected chi connectivity index (χ1v) is 7.70. The topological polar surface area (TPSA) is 94.2 Å². The lowest BCUT2D eigenvalue weighted by molar-refractivity contribution is 0.147. The Balaban J connectivity index is 2.06. The van der Waals surface area contributed by atoms with E-state index in [0.717, 1.165) is 32.6 Å². The number of rotatable bonds is 2. The van der Waals surface area contributed by atoms with Crippen LogP contribution in [0.1, 0.15) is 32.6 Å². The third-order valence-electron chi connectivity index (χ3n) is 4.73. The first-order valence-electron chi connectivity index (χ1n) is 7.70. The number of hydrogen-bond acceptors (Lipinski definition) is 4. The first-order chi connectivity index (χ1) is 9.97. The number of amides is 2. The molecule has 1 unspecified atom stereocenters. The number of likely N-dealkylation sites (tertiary alicyclic amines) is 2. The Morgan fingerprint density at radius 3 is 2.62 bits per heavy atom. The summed E-state index contributed by atoms with van der Waals surface area (Å²) in [6.07, 6.45) is 3.52. The Morgan fingerprint density at radius 2 is 2.05 bits per heavy atom. The summed E-state index contributed by atoms with van der Waals surface area (Å²) in [5.74, 6) is 0.635. The summed E-state index contributed by atoms with van der Waals surface area (Å²) >= 11 is 0. The van der Waals surface area contributed by atoms with E-state index < -0.39 is 5.54 Å². The van der Waals surface area contributed by atoms with E-state index in [1.165, 1.54) is 6.42 Å². The second kappa shape index (κ2) is 6.51. The molecule has 120 valence electrons. The van der Waals surface area contributed by atoms with E-state index in [9.17, 15) is 4.79 Å². The van der Waals surface area contributed by atoms with Gasteiger partial charge in [-0.25, -0.2) is 4.79 Å². The normalized spacial score (nSPS) is 27.4. The maximum Gasteiger partial charge on any atom is 0.318 e. The second-order valence-corrected chi connectivity index (χ2v) is 6.49. The highest BCUT2D eigenvalue weighted by Crippen LogP contribution is 2.23. The highest BCUT2D eigenvalue weighted by molar-refractivity contribution is 5.93. The van der Waals surface area contributed by atoms with Gasteiger partial charge in [-0.1, -0.05) is 12.1 Å². The van der Waals surface area contributed by atoms with E-state index in [2.05, 4.69) is 22.3 Å². The minimum Gasteiger partial charge on any atom is -0.409 e. The molecule has 2 aliphatic rings. The smallest absolute Gasteiger partial charge is 0.318 e. The number of oxime groups is 1. The van der Waals surface area contributed by atoms with Crippen molar-refractivity contribution in [3.05, 3.63) is 0 Å². The zero-order chi connectivity index (χ0) is 15.5. The predicted molar refractivity (Wildman–Crippen MR) is 81.4 cm³/mol. The van der Waals surface area contributed by atoms with Crippen molar-refractivity contribution in [2.24, 2.45) is 16.8 Å². The maximum atomic E-state index is 12.5. The first kappa shape index (κ1) is 15.9. The third kappa shape index (κ3) is 3.58. The molecule has 2 aliphatic heterocycles. The van der Waals surface area contributed by atoms with Crippen LogP contribution in [0.3, 0.4) is 0 Å². The molecule has 0 bridgehead atoms. The third-order valence-corrected chi connectivity index (χ3v) is 4.73. The number of nitrogens with one attached hydrogen (secondary N) is 1. The fraction of sp³-hybridized carbons (Fsp3) is 0.857. The SMILES string of the molecule is CC1CCCN(C(=O)NC2(C(N)=NO)CCN(C)CC2)C1. The number of carbonyl (C=O) groups is 1. The van der Waals surface area contributed by atoms with Crippen LogP contribution in [-0.4, -0.2) is 65.6 Å². The van der Waals surface area contributed by atoms with Crippen LogP contribution in [0.2, 0.25) is 0 Å². The van der Waals surface area contributed by atoms with Crippen LogP contribution in [0.25, 0.3) is 0 Å². The molecule has 1 atom stereocenters. The van der Waals surface area contributed by atoms with Crippen LogP contribution in [-0.2, 0) is 0 Å². The molecule has 0 saturated carbocycles. The molecule has 0 aromatic rings. The van der Waals surface area contributed by atoms with E-state index in [-0.39, 0.29) is 11.9 Å². The number of piperidine rings is 2. The van der Waals surface area contributed by atoms with Gasteiger partial charge in [0.2, 0.25) is 0 Å². The van der Waals surface area contributed by atoms with Crippen LogP contribution in [0, 0.1) is 5.92 Å². The van der Waals surface area contributed by atoms with E-state index in [0.29, 0.717) is 18.8 Å². The lowest BCUT2D eigenvalue weighted by atomic mass is 9.86. The van der Waals surface area contributed by atoms with E-state index in [1.54, 1.807) is 0 Å². The van der Waals surface area contributed by atoms with Gasteiger partial charge < -0.3 is 26.1 Å². The summed E-state index contributed by atoms with van der Waals surface area (Å²) in [6.45, 7) is 5.34. The van der Waals surface area contributed by atoms with Crippen molar-refractivity contribution in [2.75, 3.05) is 33.2 Å². The summed E-state index contributed by atoms with van der Waals surface area (Å²) in [7, 11) is 2.03. The summed E-state index contributed by atoms with van der Waals surface area (Å²) in [4.78, 5) is 16.6. The second-order valence-electron chi connectivity index (χ2n) is 6.49. The summed E-state index contributed by atoms with van der Waals surface area (Å²) < 4.78 is 0. The molecule has 21 heavy (non-hydrogen) atoms. The molecular weight excluding hydrogens is 270 g/mol. The Morgan fingerprint density at radius 1 is 1.38 bits per heavy atom. The molecule has 0 aromatic heterocycles. The van der Waals surface area contributed by atoms with Gasteiger partial charge >= 0.3 is 6.03 Å². The summed E-state index contributed by atoms with van der Waals surface area (Å²) in [5, 5.41) is 15.3. The Labute approximate surface area is 126 Å². The number of nitrogens with two attached hydrogens (primary N) is 1. The number of urea groups is 1. The molecule has 4 N–H and O–H groups in total. The van der Waals surface area contributed by atoms with Gasteiger partial charge in [-0.3, -0.25) is 0 Å². The van der Waals surface area contributed by atoms with E-state index in [1.807, 2.05) is 11.9 Å². The molecule has 0 radical (unpaired) electrons. The molecule has 2 saturated heterocycles. The fourth-order valence-electron chi connectivity index (χ4n) is 3.20. The fourth-order valence-corrected chi connectivity index (χ4v) is 3.20. The molecule has 7 nitrogen and oxygen atoms in total. The number of amidine groups is 1. The van der Waals surface area contributed by atoms with Gasteiger partial charge in [-0.15, -0.1) is 0 Å². The lowest BCUT2D eigenvalue weighted by Gasteiger charge is -2.42. The van der Waals surface area contributed by atoms with Crippen LogP contribution in [0.5, 0.6) is 0 Å². The molecule has 0 aromatic carbocycles. The summed E-state index contributed by atoms with van der Waals surface area (Å²) in [6, 6.07) is -0.0993. The van der Waals surface area contributed by atoms with Gasteiger partial charge in [0.25, 0.3) is 0 Å². The van der Waals surface area contributed by atoms with Gasteiger partial charge in [0.1, 0.15) is 5.54 Å². The largest absolute Gasteiger partial charge is 0.409 e. The quantitative estimate of drug-likeness (QED) is 0.302. The zero-order valence-electron chi connectivity index (χ0n) is 13.0. The predicted octanol–water partition coefficient (Wildman–Crippen LogP) is 0.639. The lowest BCUT2D eigenvalue weighted by Crippen LogP contribution is -2.64. The maximum absolute atomic E-state index is 12.5. The number of hydrogen-bond donors (Lipinski definition) is 3. The average Bonchev–Trinajstić information content (AvgIpc) is 2.49. The van der Waals surface area contributed by atoms with Gasteiger partial charge in [0.05, 0.1) is 0 Å². The number of carbonyl (C=O) groups excluding carboxylic acids is 1. The van der Waals surface area contributed by atoms with Gasteiger partial charge in [-0.05, 0) is 38.6 Å². The van der Waals surface area contributed by atoms with Crippen molar-refractivity contribution >= 4 is 11.9 Å². The molecule has 0 spiro atoms. The molecule has 2 heterocycles. The van der Waals surface area contributed by atoms with Gasteiger partial charge in [0, 0.05) is 26.2 Å². The highest BCUT2D eigenvalue weighted by Gasteiger charge is 2.40. The van der Waals surface area contributed by atoms with Crippen molar-refractivity contribution in [1.29, 1.82) is 0 Å². The van der Waals surface area contributed by atoms with Gasteiger partial charge in [0.15, 0.2) is 5.84 Å². The standard InChI is InChI=1S/C14H27N5O2/c1-11-4-3-7-19(10-11)13(20)16-14(12(15)17-21)5-8-18(2)9-6-14/h11,21H,3-10H2,1-2H3,(H2,15,17)(H,16,20). The molecular formula is C14H27N5O2. The monoisotopic (exact) mass is 297 g/mol. The van der Waals surface area contributed by atoms with E-state index in [4.69, 9.17) is 10.9 Å². The average molecular weight is 297 g/mol. The highest BCUT2D eigenvalue weighted by atomic mass is 16.4. The zero-order valence-corrected chi connectivity index (χ0v) is 13.0. The Hall–Kier alpha value is -1.50. The Bertz CT molecular complexity index is 404. The van der Waals surface area contributed by atoms with Crippen molar-refractivity contribution in [3.8, 4) is 0 Å². The van der Waals surface area contributed by atoms with Crippen LogP contribution in [0.15, 0.2) is 5.16 Å². The molecule has 0 aliphatic carbocycles. The van der Waals surface area contributed by atoms with Crippen molar-refractivity contribution in [2.45, 2.75) is 38.1 Å². The van der Waals surface area contributed by atoms with Crippen LogP contribution < -0.4 is 11.1 Å². The van der Waals surface area contributed by atoms with Gasteiger partial charge in [-0.2, -0.15) is 0 Å². The minimum absolute atomic E-state index is 0.0993.